The van der Waals surface area contributed by atoms with E-state index in [0.29, 0.717) is 4.83 Å². The Morgan fingerprint density at radius 1 is 1.21 bits per heavy atom. The number of rotatable bonds is 3. The molecule has 1 heteroatoms. The number of aryl methyl sites for hydroxylation is 2. The summed E-state index contributed by atoms with van der Waals surface area (Å²) in [7, 11) is 0. The second kappa shape index (κ2) is 6.43. The zero-order chi connectivity index (χ0) is 14.0. The molecule has 1 aliphatic carbocycles. The maximum Gasteiger partial charge on any atom is 0.0177 e. The van der Waals surface area contributed by atoms with E-state index in [1.807, 2.05) is 0 Å². The second-order valence-corrected chi connectivity index (χ2v) is 7.90. The van der Waals surface area contributed by atoms with E-state index in [0.717, 1.165) is 17.8 Å². The topological polar surface area (TPSA) is 0 Å². The van der Waals surface area contributed by atoms with Crippen LogP contribution in [0.5, 0.6) is 0 Å². The van der Waals surface area contributed by atoms with Crippen LogP contribution in [0.15, 0.2) is 18.2 Å². The molecular formula is C18H27Br. The highest BCUT2D eigenvalue weighted by molar-refractivity contribution is 9.09. The van der Waals surface area contributed by atoms with Crippen molar-refractivity contribution in [3.05, 3.63) is 34.9 Å². The predicted molar refractivity (Wildman–Crippen MR) is 88.0 cm³/mol. The summed E-state index contributed by atoms with van der Waals surface area (Å²) in [6.07, 6.45) is 5.38. The first kappa shape index (κ1) is 15.1. The van der Waals surface area contributed by atoms with Crippen molar-refractivity contribution in [1.29, 1.82) is 0 Å². The van der Waals surface area contributed by atoms with Crippen molar-refractivity contribution >= 4 is 15.9 Å². The monoisotopic (exact) mass is 322 g/mol. The van der Waals surface area contributed by atoms with Gasteiger partial charge in [0.25, 0.3) is 0 Å². The van der Waals surface area contributed by atoms with Gasteiger partial charge in [-0.15, -0.1) is 0 Å². The molecule has 19 heavy (non-hydrogen) atoms. The minimum Gasteiger partial charge on any atom is -0.0888 e. The van der Waals surface area contributed by atoms with Gasteiger partial charge in [0.1, 0.15) is 0 Å². The third kappa shape index (κ3) is 3.84. The van der Waals surface area contributed by atoms with Gasteiger partial charge in [0.15, 0.2) is 0 Å². The summed E-state index contributed by atoms with van der Waals surface area (Å²) in [5, 5.41) is 0. The number of halogens is 1. The third-order valence-corrected chi connectivity index (χ3v) is 6.07. The van der Waals surface area contributed by atoms with Crippen molar-refractivity contribution in [3.63, 3.8) is 0 Å². The van der Waals surface area contributed by atoms with E-state index in [1.54, 1.807) is 5.56 Å². The summed E-state index contributed by atoms with van der Waals surface area (Å²) in [6.45, 7) is 9.22. The van der Waals surface area contributed by atoms with Gasteiger partial charge in [-0.1, -0.05) is 53.5 Å². The van der Waals surface area contributed by atoms with Crippen LogP contribution >= 0.6 is 15.9 Å². The first-order valence-corrected chi connectivity index (χ1v) is 8.59. The number of hydrogen-bond donors (Lipinski definition) is 0. The van der Waals surface area contributed by atoms with Gasteiger partial charge >= 0.3 is 0 Å². The largest absolute Gasteiger partial charge is 0.0888 e. The van der Waals surface area contributed by atoms with E-state index in [9.17, 15) is 0 Å². The highest BCUT2D eigenvalue weighted by atomic mass is 79.9. The maximum atomic E-state index is 3.93. The fourth-order valence-corrected chi connectivity index (χ4v) is 4.05. The molecule has 0 radical (unpaired) electrons. The molecule has 1 aromatic carbocycles. The predicted octanol–water partition coefficient (Wildman–Crippen LogP) is 5.68. The number of benzene rings is 1. The van der Waals surface area contributed by atoms with Crippen LogP contribution < -0.4 is 0 Å². The third-order valence-electron chi connectivity index (χ3n) is 4.86. The van der Waals surface area contributed by atoms with Crippen molar-refractivity contribution in [2.45, 2.75) is 58.2 Å². The SMILES string of the molecule is Cc1ccc(C)c(CC2CC(C(C)C)CCC2Br)c1. The Labute approximate surface area is 127 Å². The summed E-state index contributed by atoms with van der Waals surface area (Å²) in [5.74, 6) is 2.56. The Balaban J connectivity index is 2.09. The Morgan fingerprint density at radius 2 is 1.95 bits per heavy atom. The van der Waals surface area contributed by atoms with Crippen LogP contribution in [0.1, 0.15) is 49.8 Å². The molecule has 2 rings (SSSR count). The molecule has 106 valence electrons. The molecule has 0 saturated heterocycles. The van der Waals surface area contributed by atoms with Crippen LogP contribution in [0.25, 0.3) is 0 Å². The van der Waals surface area contributed by atoms with Crippen molar-refractivity contribution < 1.29 is 0 Å². The first-order chi connectivity index (χ1) is 8.97. The summed E-state index contributed by atoms with van der Waals surface area (Å²) < 4.78 is 0. The summed E-state index contributed by atoms with van der Waals surface area (Å²) in [6, 6.07) is 6.88. The fourth-order valence-electron chi connectivity index (χ4n) is 3.38. The Hall–Kier alpha value is -0.300. The van der Waals surface area contributed by atoms with Gasteiger partial charge < -0.3 is 0 Å². The van der Waals surface area contributed by atoms with E-state index in [-0.39, 0.29) is 0 Å². The van der Waals surface area contributed by atoms with E-state index < -0.39 is 0 Å². The van der Waals surface area contributed by atoms with E-state index >= 15 is 0 Å². The van der Waals surface area contributed by atoms with Crippen LogP contribution in [-0.4, -0.2) is 4.83 Å². The van der Waals surface area contributed by atoms with Crippen molar-refractivity contribution in [2.24, 2.45) is 17.8 Å². The van der Waals surface area contributed by atoms with E-state index in [2.05, 4.69) is 61.8 Å². The van der Waals surface area contributed by atoms with Crippen LogP contribution in [0.4, 0.5) is 0 Å². The standard InChI is InChI=1S/C18H27Br/c1-12(2)15-7-8-18(19)17(10-15)11-16-9-13(3)5-6-14(16)4/h5-6,9,12,15,17-18H,7-8,10-11H2,1-4H3. The van der Waals surface area contributed by atoms with Crippen molar-refractivity contribution in [3.8, 4) is 0 Å². The first-order valence-electron chi connectivity index (χ1n) is 7.67. The lowest BCUT2D eigenvalue weighted by Crippen LogP contribution is -2.29. The van der Waals surface area contributed by atoms with E-state index in [1.165, 1.54) is 36.8 Å². The molecule has 0 heterocycles. The lowest BCUT2D eigenvalue weighted by atomic mass is 9.74. The van der Waals surface area contributed by atoms with Gasteiger partial charge in [-0.2, -0.15) is 0 Å². The van der Waals surface area contributed by atoms with Crippen molar-refractivity contribution in [1.82, 2.24) is 0 Å². The van der Waals surface area contributed by atoms with Gasteiger partial charge in [0.05, 0.1) is 0 Å². The quantitative estimate of drug-likeness (QED) is 0.628. The average molecular weight is 323 g/mol. The summed E-state index contributed by atoms with van der Waals surface area (Å²) in [5.41, 5.74) is 4.40. The van der Waals surface area contributed by atoms with Crippen LogP contribution in [-0.2, 0) is 6.42 Å². The molecule has 0 nitrogen and oxygen atoms in total. The Bertz CT molecular complexity index is 422. The molecule has 0 bridgehead atoms. The number of alkyl halides is 1. The normalized spacial score (nSPS) is 27.8. The Morgan fingerprint density at radius 3 is 2.63 bits per heavy atom. The highest BCUT2D eigenvalue weighted by Crippen LogP contribution is 2.39. The van der Waals surface area contributed by atoms with Gasteiger partial charge in [-0.25, -0.2) is 0 Å². The molecule has 0 aromatic heterocycles. The minimum absolute atomic E-state index is 0.711. The zero-order valence-corrected chi connectivity index (χ0v) is 14.3. The fraction of sp³-hybridized carbons (Fsp3) is 0.667. The van der Waals surface area contributed by atoms with Gasteiger partial charge in [0.2, 0.25) is 0 Å². The summed E-state index contributed by atoms with van der Waals surface area (Å²) >= 11 is 3.93. The molecule has 1 fully saturated rings. The number of hydrogen-bond acceptors (Lipinski definition) is 0. The Kier molecular flexibility index (Phi) is 5.11. The molecule has 1 saturated carbocycles. The molecule has 0 N–H and O–H groups in total. The van der Waals surface area contributed by atoms with Gasteiger partial charge in [-0.3, -0.25) is 0 Å². The average Bonchev–Trinajstić information content (AvgIpc) is 2.36. The molecule has 3 atom stereocenters. The smallest absolute Gasteiger partial charge is 0.0177 e. The minimum atomic E-state index is 0.711. The molecule has 0 spiro atoms. The molecule has 1 aliphatic rings. The van der Waals surface area contributed by atoms with Gasteiger partial charge in [0, 0.05) is 4.83 Å². The molecule has 0 amide bonds. The van der Waals surface area contributed by atoms with Crippen LogP contribution in [0.2, 0.25) is 0 Å². The second-order valence-electron chi connectivity index (χ2n) is 6.73. The lowest BCUT2D eigenvalue weighted by Gasteiger charge is -2.35. The summed E-state index contributed by atoms with van der Waals surface area (Å²) in [4.78, 5) is 0.711. The van der Waals surface area contributed by atoms with Crippen LogP contribution in [0, 0.1) is 31.6 Å². The highest BCUT2D eigenvalue weighted by Gasteiger charge is 2.30. The van der Waals surface area contributed by atoms with Crippen LogP contribution in [0.3, 0.4) is 0 Å². The van der Waals surface area contributed by atoms with E-state index in [4.69, 9.17) is 0 Å². The maximum absolute atomic E-state index is 3.93. The molecule has 1 aromatic rings. The molecule has 3 unspecified atom stereocenters. The molecule has 0 aliphatic heterocycles. The van der Waals surface area contributed by atoms with Gasteiger partial charge in [-0.05, 0) is 68.4 Å². The zero-order valence-electron chi connectivity index (χ0n) is 12.7. The molecular weight excluding hydrogens is 296 g/mol. The lowest BCUT2D eigenvalue weighted by molar-refractivity contribution is 0.222. The van der Waals surface area contributed by atoms with Crippen molar-refractivity contribution in [2.75, 3.05) is 0 Å².